The van der Waals surface area contributed by atoms with Gasteiger partial charge in [0.15, 0.2) is 0 Å². The maximum atomic E-state index is 11.0. The van der Waals surface area contributed by atoms with Crippen molar-refractivity contribution in [2.24, 2.45) is 10.8 Å². The second-order valence-corrected chi connectivity index (χ2v) is 2.49. The van der Waals surface area contributed by atoms with E-state index in [1.54, 1.807) is 7.05 Å². The van der Waals surface area contributed by atoms with Gasteiger partial charge in [0.25, 0.3) is 0 Å². The summed E-state index contributed by atoms with van der Waals surface area (Å²) in [5.41, 5.74) is 0.0470. The molecule has 0 aliphatic heterocycles. The van der Waals surface area contributed by atoms with Gasteiger partial charge in [-0.3, -0.25) is 0 Å². The highest BCUT2D eigenvalue weighted by molar-refractivity contribution is 5.88. The Labute approximate surface area is 77.8 Å². The molecule has 0 bridgehead atoms. The average Bonchev–Trinajstić information content (AvgIpc) is 2.10. The number of hydrogen-bond donors (Lipinski definition) is 1. The molecule has 0 aromatic carbocycles. The summed E-state index contributed by atoms with van der Waals surface area (Å²) in [6.07, 6.45) is 2.06. The van der Waals surface area contributed by atoms with Gasteiger partial charge < -0.3 is 9.75 Å². The topological polar surface area (TPSA) is 67.9 Å². The predicted molar refractivity (Wildman–Crippen MR) is 50.8 cm³/mol. The number of aliphatic imine (C=N–C) groups is 1. The van der Waals surface area contributed by atoms with Gasteiger partial charge in [-0.15, -0.1) is 0 Å². The molecule has 0 unspecified atom stereocenters. The first-order chi connectivity index (χ1) is 6.07. The number of carbonyl (C=O) groups excluding carboxylic acids is 1. The summed E-state index contributed by atoms with van der Waals surface area (Å²) in [6, 6.07) is 0. The van der Waals surface area contributed by atoms with Crippen LogP contribution >= 0.6 is 0 Å². The molecular weight excluding hydrogens is 170 g/mol. The molecule has 0 atom stereocenters. The molecular formula is C8H15N3O2. The molecule has 0 aromatic heterocycles. The lowest BCUT2D eigenvalue weighted by atomic mass is 10.5. The van der Waals surface area contributed by atoms with Gasteiger partial charge in [-0.05, 0) is 6.42 Å². The highest BCUT2D eigenvalue weighted by Crippen LogP contribution is 1.96. The second-order valence-electron chi connectivity index (χ2n) is 2.49. The Morgan fingerprint density at radius 2 is 2.38 bits per heavy atom. The standard InChI is InChI=1S/C8H15N3O2/c1-4-5-13-8(12)7(2)10-6-11(3)9/h6H,2,4-5,9H2,1,3H3/b10-6-. The molecule has 0 radical (unpaired) electrons. The average molecular weight is 185 g/mol. The lowest BCUT2D eigenvalue weighted by Gasteiger charge is -2.04. The number of hydrogen-bond acceptors (Lipinski definition) is 4. The van der Waals surface area contributed by atoms with Gasteiger partial charge in [0, 0.05) is 7.05 Å². The van der Waals surface area contributed by atoms with E-state index in [9.17, 15) is 4.79 Å². The van der Waals surface area contributed by atoms with E-state index in [-0.39, 0.29) is 5.70 Å². The molecule has 0 saturated heterocycles. The molecule has 0 heterocycles. The minimum atomic E-state index is -0.514. The van der Waals surface area contributed by atoms with Crippen LogP contribution in [0.1, 0.15) is 13.3 Å². The van der Waals surface area contributed by atoms with E-state index in [2.05, 4.69) is 11.6 Å². The van der Waals surface area contributed by atoms with Gasteiger partial charge >= 0.3 is 5.97 Å². The molecule has 0 saturated carbocycles. The van der Waals surface area contributed by atoms with Crippen LogP contribution in [-0.4, -0.2) is 31.0 Å². The summed E-state index contributed by atoms with van der Waals surface area (Å²) < 4.78 is 4.77. The van der Waals surface area contributed by atoms with Gasteiger partial charge in [-0.2, -0.15) is 0 Å². The monoisotopic (exact) mass is 185 g/mol. The van der Waals surface area contributed by atoms with Crippen LogP contribution in [0.2, 0.25) is 0 Å². The molecule has 0 rings (SSSR count). The summed E-state index contributed by atoms with van der Waals surface area (Å²) >= 11 is 0. The van der Waals surface area contributed by atoms with E-state index in [1.165, 1.54) is 11.3 Å². The molecule has 0 aliphatic rings. The van der Waals surface area contributed by atoms with Crippen molar-refractivity contribution in [3.05, 3.63) is 12.3 Å². The number of esters is 1. The van der Waals surface area contributed by atoms with E-state index < -0.39 is 5.97 Å². The van der Waals surface area contributed by atoms with Crippen molar-refractivity contribution in [1.29, 1.82) is 0 Å². The van der Waals surface area contributed by atoms with Crippen molar-refractivity contribution in [2.45, 2.75) is 13.3 Å². The van der Waals surface area contributed by atoms with Crippen LogP contribution in [0.4, 0.5) is 0 Å². The summed E-state index contributed by atoms with van der Waals surface area (Å²) in [4.78, 5) is 14.7. The molecule has 0 fully saturated rings. The summed E-state index contributed by atoms with van der Waals surface area (Å²) in [5, 5.41) is 1.22. The first-order valence-electron chi connectivity index (χ1n) is 3.95. The van der Waals surface area contributed by atoms with Crippen LogP contribution in [0, 0.1) is 0 Å². The Kier molecular flexibility index (Phi) is 5.54. The quantitative estimate of drug-likeness (QED) is 0.167. The fourth-order valence-electron chi connectivity index (χ4n) is 0.492. The number of carbonyl (C=O) groups is 1. The zero-order valence-corrected chi connectivity index (χ0v) is 7.99. The third kappa shape index (κ3) is 5.86. The first kappa shape index (κ1) is 11.6. The maximum absolute atomic E-state index is 11.0. The van der Waals surface area contributed by atoms with Crippen LogP contribution in [0.15, 0.2) is 17.3 Å². The largest absolute Gasteiger partial charge is 0.461 e. The Morgan fingerprint density at radius 3 is 2.85 bits per heavy atom. The van der Waals surface area contributed by atoms with Crippen molar-refractivity contribution in [3.63, 3.8) is 0 Å². The molecule has 0 aromatic rings. The lowest BCUT2D eigenvalue weighted by Crippen LogP contribution is -2.24. The molecule has 2 N–H and O–H groups in total. The number of rotatable bonds is 5. The van der Waals surface area contributed by atoms with Gasteiger partial charge in [0.05, 0.1) is 6.61 Å². The fourth-order valence-corrected chi connectivity index (χ4v) is 0.492. The van der Waals surface area contributed by atoms with Crippen LogP contribution in [0.3, 0.4) is 0 Å². The van der Waals surface area contributed by atoms with Crippen molar-refractivity contribution < 1.29 is 9.53 Å². The summed E-state index contributed by atoms with van der Waals surface area (Å²) in [6.45, 7) is 5.72. The third-order valence-corrected chi connectivity index (χ3v) is 1.07. The molecule has 0 aliphatic carbocycles. The number of hydrazine groups is 1. The molecule has 5 heteroatoms. The van der Waals surface area contributed by atoms with E-state index in [1.807, 2.05) is 6.92 Å². The van der Waals surface area contributed by atoms with Crippen molar-refractivity contribution in [3.8, 4) is 0 Å². The fraction of sp³-hybridized carbons (Fsp3) is 0.500. The van der Waals surface area contributed by atoms with Crippen LogP contribution < -0.4 is 5.84 Å². The highest BCUT2D eigenvalue weighted by Gasteiger charge is 2.05. The smallest absolute Gasteiger partial charge is 0.356 e. The zero-order valence-electron chi connectivity index (χ0n) is 7.99. The first-order valence-corrected chi connectivity index (χ1v) is 3.95. The molecule has 0 amide bonds. The van der Waals surface area contributed by atoms with Crippen molar-refractivity contribution >= 4 is 12.3 Å². The minimum absolute atomic E-state index is 0.0470. The second kappa shape index (κ2) is 6.19. The Balaban J connectivity index is 3.90. The Bertz CT molecular complexity index is 211. The molecule has 5 nitrogen and oxygen atoms in total. The van der Waals surface area contributed by atoms with Gasteiger partial charge in [0.1, 0.15) is 12.0 Å². The van der Waals surface area contributed by atoms with Crippen LogP contribution in [0.5, 0.6) is 0 Å². The Morgan fingerprint density at radius 1 is 1.77 bits per heavy atom. The zero-order chi connectivity index (χ0) is 10.3. The molecule has 74 valence electrons. The summed E-state index contributed by atoms with van der Waals surface area (Å²) in [7, 11) is 1.59. The lowest BCUT2D eigenvalue weighted by molar-refractivity contribution is -0.139. The minimum Gasteiger partial charge on any atom is -0.461 e. The molecule has 0 spiro atoms. The van der Waals surface area contributed by atoms with E-state index >= 15 is 0 Å². The SMILES string of the molecule is C=C(/N=C\N(C)N)C(=O)OCCC. The summed E-state index contributed by atoms with van der Waals surface area (Å²) in [5.74, 6) is 4.72. The normalized spacial score (nSPS) is 10.1. The highest BCUT2D eigenvalue weighted by atomic mass is 16.5. The predicted octanol–water partition coefficient (Wildman–Crippen LogP) is 0.287. The van der Waals surface area contributed by atoms with Gasteiger partial charge in [0.2, 0.25) is 0 Å². The maximum Gasteiger partial charge on any atom is 0.356 e. The van der Waals surface area contributed by atoms with Crippen LogP contribution in [-0.2, 0) is 9.53 Å². The van der Waals surface area contributed by atoms with E-state index in [0.717, 1.165) is 6.42 Å². The number of nitrogens with two attached hydrogens (primary N) is 1. The number of ether oxygens (including phenoxy) is 1. The number of nitrogens with zero attached hydrogens (tertiary/aromatic N) is 2. The van der Waals surface area contributed by atoms with Crippen molar-refractivity contribution in [2.75, 3.05) is 13.7 Å². The van der Waals surface area contributed by atoms with Crippen LogP contribution in [0.25, 0.3) is 0 Å². The van der Waals surface area contributed by atoms with Gasteiger partial charge in [-0.1, -0.05) is 13.5 Å². The van der Waals surface area contributed by atoms with E-state index in [4.69, 9.17) is 10.6 Å². The molecule has 13 heavy (non-hydrogen) atoms. The van der Waals surface area contributed by atoms with Crippen molar-refractivity contribution in [1.82, 2.24) is 5.01 Å². The van der Waals surface area contributed by atoms with Gasteiger partial charge in [-0.25, -0.2) is 15.6 Å². The van der Waals surface area contributed by atoms with E-state index in [0.29, 0.717) is 6.61 Å². The third-order valence-electron chi connectivity index (χ3n) is 1.07. The Hall–Kier alpha value is -1.36.